The number of aryl methyl sites for hydroxylation is 2. The first kappa shape index (κ1) is 28.8. The van der Waals surface area contributed by atoms with Gasteiger partial charge < -0.3 is 16.2 Å². The van der Waals surface area contributed by atoms with Gasteiger partial charge in [0.05, 0.1) is 30.5 Å². The summed E-state index contributed by atoms with van der Waals surface area (Å²) in [5.41, 5.74) is 12.7. The molecule has 0 saturated heterocycles. The molecule has 38 heavy (non-hydrogen) atoms. The molecule has 4 N–H and O–H groups in total. The third-order valence-corrected chi connectivity index (χ3v) is 6.23. The highest BCUT2D eigenvalue weighted by molar-refractivity contribution is 5.86. The van der Waals surface area contributed by atoms with Crippen LogP contribution in [0.5, 0.6) is 0 Å². The summed E-state index contributed by atoms with van der Waals surface area (Å²) in [6, 6.07) is 18.7. The van der Waals surface area contributed by atoms with E-state index in [1.807, 2.05) is 30.7 Å². The van der Waals surface area contributed by atoms with Crippen LogP contribution in [0.3, 0.4) is 0 Å². The van der Waals surface area contributed by atoms with Crippen LogP contribution in [0, 0.1) is 13.8 Å². The number of carboxylic acids is 1. The number of unbranched alkanes of at least 4 members (excludes halogenated alkanes) is 2. The van der Waals surface area contributed by atoms with Crippen molar-refractivity contribution in [2.45, 2.75) is 66.2 Å². The van der Waals surface area contributed by atoms with Gasteiger partial charge in [-0.15, -0.1) is 0 Å². The van der Waals surface area contributed by atoms with Crippen LogP contribution in [0.15, 0.2) is 67.0 Å². The van der Waals surface area contributed by atoms with E-state index in [-0.39, 0.29) is 5.56 Å². The molecule has 0 aliphatic rings. The zero-order valence-electron chi connectivity index (χ0n) is 22.7. The van der Waals surface area contributed by atoms with Crippen LogP contribution in [-0.4, -0.2) is 37.2 Å². The first-order valence-corrected chi connectivity index (χ1v) is 13.2. The molecule has 8 heteroatoms. The summed E-state index contributed by atoms with van der Waals surface area (Å²) in [5, 5.41) is 20.9. The number of rotatable bonds is 12. The quantitative estimate of drug-likeness (QED) is 0.231. The fourth-order valence-electron chi connectivity index (χ4n) is 4.03. The molecule has 0 unspecified atom stereocenters. The Bertz CT molecular complexity index is 1260. The second kappa shape index (κ2) is 14.9. The minimum absolute atomic E-state index is 0.200. The van der Waals surface area contributed by atoms with E-state index in [9.17, 15) is 4.79 Å². The van der Waals surface area contributed by atoms with Crippen molar-refractivity contribution in [2.24, 2.45) is 5.73 Å². The van der Waals surface area contributed by atoms with Gasteiger partial charge in [-0.25, -0.2) is 4.79 Å². The molecule has 0 aliphatic heterocycles. The molecule has 0 aliphatic carbocycles. The Labute approximate surface area is 225 Å². The van der Waals surface area contributed by atoms with Crippen LogP contribution in [-0.2, 0) is 26.2 Å². The van der Waals surface area contributed by atoms with Crippen molar-refractivity contribution in [1.82, 2.24) is 24.9 Å². The second-order valence-electron chi connectivity index (χ2n) is 9.54. The molecule has 4 aromatic rings. The van der Waals surface area contributed by atoms with Crippen LogP contribution >= 0.6 is 0 Å². The third kappa shape index (κ3) is 9.28. The molecule has 0 saturated carbocycles. The summed E-state index contributed by atoms with van der Waals surface area (Å²) in [4.78, 5) is 10.9. The Kier molecular flexibility index (Phi) is 11.3. The Morgan fingerprint density at radius 3 is 2.13 bits per heavy atom. The maximum atomic E-state index is 10.9. The number of aromatic nitrogens is 4. The summed E-state index contributed by atoms with van der Waals surface area (Å²) in [5.74, 6) is -0.962. The highest BCUT2D eigenvalue weighted by Gasteiger charge is 2.07. The van der Waals surface area contributed by atoms with E-state index in [1.165, 1.54) is 48.3 Å². The standard InChI is InChI=1S/C17H18N4O2.C13H22N2/c1-12-7-13(2)21(19-12)10-15-5-3-14(4-6-15)9-20-11-16(8-18-20)17(22)23;1-2-3-4-9-15-11-13-7-5-12(10-14)6-8-13/h3-8,11H,9-10H2,1-2H3,(H,22,23);5-8,15H,2-4,9-11,14H2,1H3. The molecule has 2 aromatic carbocycles. The summed E-state index contributed by atoms with van der Waals surface area (Å²) in [7, 11) is 0. The van der Waals surface area contributed by atoms with Crippen LogP contribution in [0.25, 0.3) is 0 Å². The number of aromatic carboxylic acids is 1. The second-order valence-corrected chi connectivity index (χ2v) is 9.54. The van der Waals surface area contributed by atoms with E-state index in [1.54, 1.807) is 4.68 Å². The van der Waals surface area contributed by atoms with E-state index >= 15 is 0 Å². The van der Waals surface area contributed by atoms with E-state index in [4.69, 9.17) is 10.8 Å². The zero-order chi connectivity index (χ0) is 27.3. The van der Waals surface area contributed by atoms with Crippen molar-refractivity contribution in [1.29, 1.82) is 0 Å². The fourth-order valence-corrected chi connectivity index (χ4v) is 4.03. The minimum Gasteiger partial charge on any atom is -0.478 e. The summed E-state index contributed by atoms with van der Waals surface area (Å²) in [6.45, 7) is 10.3. The first-order chi connectivity index (χ1) is 18.4. The molecule has 0 amide bonds. The van der Waals surface area contributed by atoms with Crippen LogP contribution < -0.4 is 11.1 Å². The molecule has 0 radical (unpaired) electrons. The zero-order valence-corrected chi connectivity index (χ0v) is 22.7. The summed E-state index contributed by atoms with van der Waals surface area (Å²) < 4.78 is 3.61. The monoisotopic (exact) mass is 516 g/mol. The predicted octanol–water partition coefficient (Wildman–Crippen LogP) is 4.92. The van der Waals surface area contributed by atoms with Crippen molar-refractivity contribution in [2.75, 3.05) is 6.54 Å². The topological polar surface area (TPSA) is 111 Å². The molecule has 2 aromatic heterocycles. The smallest absolute Gasteiger partial charge is 0.338 e. The van der Waals surface area contributed by atoms with Crippen LogP contribution in [0.4, 0.5) is 0 Å². The molecule has 0 atom stereocenters. The number of nitrogens with one attached hydrogen (secondary N) is 1. The Balaban J connectivity index is 0.000000232. The lowest BCUT2D eigenvalue weighted by molar-refractivity contribution is 0.0696. The lowest BCUT2D eigenvalue weighted by Gasteiger charge is -2.06. The predicted molar refractivity (Wildman–Crippen MR) is 151 cm³/mol. The molecule has 8 nitrogen and oxygen atoms in total. The Morgan fingerprint density at radius 1 is 0.947 bits per heavy atom. The molecule has 0 fully saturated rings. The van der Waals surface area contributed by atoms with Crippen molar-refractivity contribution < 1.29 is 9.90 Å². The minimum atomic E-state index is -0.962. The van der Waals surface area contributed by atoms with Crippen molar-refractivity contribution in [3.05, 3.63) is 106 Å². The SMILES string of the molecule is CCCCCNCc1ccc(CN)cc1.Cc1cc(C)n(Cc2ccc(Cn3cc(C(=O)O)cn3)cc2)n1. The number of hydrogen-bond acceptors (Lipinski definition) is 5. The maximum absolute atomic E-state index is 10.9. The van der Waals surface area contributed by atoms with Gasteiger partial charge >= 0.3 is 5.97 Å². The number of carbonyl (C=O) groups is 1. The molecule has 0 bridgehead atoms. The van der Waals surface area contributed by atoms with Gasteiger partial charge in [0, 0.05) is 25.0 Å². The fraction of sp³-hybridized carbons (Fsp3) is 0.367. The van der Waals surface area contributed by atoms with Gasteiger partial charge in [-0.3, -0.25) is 9.36 Å². The van der Waals surface area contributed by atoms with Crippen molar-refractivity contribution in [3.8, 4) is 0 Å². The summed E-state index contributed by atoms with van der Waals surface area (Å²) >= 11 is 0. The van der Waals surface area contributed by atoms with Crippen LogP contribution in [0.1, 0.15) is 70.2 Å². The van der Waals surface area contributed by atoms with E-state index in [0.29, 0.717) is 13.1 Å². The maximum Gasteiger partial charge on any atom is 0.338 e. The Hall–Kier alpha value is -3.75. The van der Waals surface area contributed by atoms with Gasteiger partial charge in [0.2, 0.25) is 0 Å². The van der Waals surface area contributed by atoms with E-state index in [2.05, 4.69) is 64.9 Å². The van der Waals surface area contributed by atoms with Gasteiger partial charge in [0.25, 0.3) is 0 Å². The highest BCUT2D eigenvalue weighted by atomic mass is 16.4. The number of benzene rings is 2. The van der Waals surface area contributed by atoms with Gasteiger partial charge in [-0.05, 0) is 55.1 Å². The molecule has 2 heterocycles. The number of nitrogens with two attached hydrogens (primary N) is 1. The number of hydrogen-bond donors (Lipinski definition) is 3. The van der Waals surface area contributed by atoms with Gasteiger partial charge in [-0.1, -0.05) is 68.3 Å². The lowest BCUT2D eigenvalue weighted by atomic mass is 10.1. The van der Waals surface area contributed by atoms with Gasteiger partial charge in [-0.2, -0.15) is 10.2 Å². The highest BCUT2D eigenvalue weighted by Crippen LogP contribution is 2.11. The third-order valence-electron chi connectivity index (χ3n) is 6.23. The first-order valence-electron chi connectivity index (χ1n) is 13.2. The lowest BCUT2D eigenvalue weighted by Crippen LogP contribution is -2.14. The number of carboxylic acid groups (broad SMARTS) is 1. The Morgan fingerprint density at radius 2 is 1.58 bits per heavy atom. The van der Waals surface area contributed by atoms with Gasteiger partial charge in [0.1, 0.15) is 0 Å². The number of nitrogens with zero attached hydrogens (tertiary/aromatic N) is 4. The van der Waals surface area contributed by atoms with Crippen LogP contribution in [0.2, 0.25) is 0 Å². The molecule has 202 valence electrons. The largest absolute Gasteiger partial charge is 0.478 e. The van der Waals surface area contributed by atoms with Gasteiger partial charge in [0.15, 0.2) is 0 Å². The average Bonchev–Trinajstić information content (AvgIpc) is 3.51. The molecule has 4 rings (SSSR count). The van der Waals surface area contributed by atoms with E-state index < -0.39 is 5.97 Å². The van der Waals surface area contributed by atoms with E-state index in [0.717, 1.165) is 36.6 Å². The molecular formula is C30H40N6O2. The molecule has 0 spiro atoms. The average molecular weight is 517 g/mol. The molecular weight excluding hydrogens is 476 g/mol. The summed E-state index contributed by atoms with van der Waals surface area (Å²) in [6.07, 6.45) is 6.77. The van der Waals surface area contributed by atoms with Crippen molar-refractivity contribution >= 4 is 5.97 Å². The van der Waals surface area contributed by atoms with Crippen molar-refractivity contribution in [3.63, 3.8) is 0 Å². The normalized spacial score (nSPS) is 10.7.